The van der Waals surface area contributed by atoms with Crippen molar-refractivity contribution in [2.45, 2.75) is 78.0 Å². The van der Waals surface area contributed by atoms with Crippen LogP contribution in [0.3, 0.4) is 0 Å². The summed E-state index contributed by atoms with van der Waals surface area (Å²) in [7, 11) is 1.60. The fraction of sp³-hybridized carbons (Fsp3) is 0.684. The minimum Gasteiger partial charge on any atom is -0.499 e. The molecular weight excluding hydrogens is 320 g/mol. The summed E-state index contributed by atoms with van der Waals surface area (Å²) in [5, 5.41) is 2.71. The number of ether oxygens (including phenoxy) is 2. The molecule has 2 atom stereocenters. The summed E-state index contributed by atoms with van der Waals surface area (Å²) in [6, 6.07) is -0.824. The predicted molar refractivity (Wildman–Crippen MR) is 97.8 cm³/mol. The van der Waals surface area contributed by atoms with Crippen molar-refractivity contribution in [2.24, 2.45) is 0 Å². The van der Waals surface area contributed by atoms with Crippen LogP contribution >= 0.6 is 0 Å². The lowest BCUT2D eigenvalue weighted by atomic mass is 10.1. The second-order valence-corrected chi connectivity index (χ2v) is 7.24. The SMILES string of the molecule is C=C1C=C(OC)[C@H](CCC)N1C(=O)[C@@H](CCC)NC(=O)OC(C)(C)C. The van der Waals surface area contributed by atoms with E-state index in [-0.39, 0.29) is 11.9 Å². The van der Waals surface area contributed by atoms with Crippen LogP contribution in [-0.2, 0) is 14.3 Å². The third kappa shape index (κ3) is 5.80. The van der Waals surface area contributed by atoms with Gasteiger partial charge in [0.25, 0.3) is 0 Å². The summed E-state index contributed by atoms with van der Waals surface area (Å²) in [4.78, 5) is 26.8. The summed E-state index contributed by atoms with van der Waals surface area (Å²) in [6.07, 6.45) is 4.17. The molecule has 1 rings (SSSR count). The normalized spacial score (nSPS) is 18.6. The van der Waals surface area contributed by atoms with Crippen molar-refractivity contribution in [2.75, 3.05) is 7.11 Å². The molecule has 0 saturated heterocycles. The third-order valence-electron chi connectivity index (χ3n) is 3.86. The van der Waals surface area contributed by atoms with Crippen LogP contribution in [0.2, 0.25) is 0 Å². The van der Waals surface area contributed by atoms with Crippen molar-refractivity contribution in [1.29, 1.82) is 0 Å². The van der Waals surface area contributed by atoms with E-state index in [4.69, 9.17) is 9.47 Å². The van der Waals surface area contributed by atoms with Gasteiger partial charge >= 0.3 is 6.09 Å². The van der Waals surface area contributed by atoms with Crippen molar-refractivity contribution in [3.8, 4) is 0 Å². The van der Waals surface area contributed by atoms with Gasteiger partial charge < -0.3 is 19.7 Å². The van der Waals surface area contributed by atoms with Crippen LogP contribution in [0.4, 0.5) is 4.79 Å². The Morgan fingerprint density at radius 1 is 1.32 bits per heavy atom. The maximum absolute atomic E-state index is 13.1. The monoisotopic (exact) mass is 352 g/mol. The van der Waals surface area contributed by atoms with Gasteiger partial charge in [0.05, 0.1) is 13.2 Å². The molecule has 0 aromatic heterocycles. The lowest BCUT2D eigenvalue weighted by molar-refractivity contribution is -0.133. The topological polar surface area (TPSA) is 67.9 Å². The van der Waals surface area contributed by atoms with Gasteiger partial charge in [0.15, 0.2) is 0 Å². The summed E-state index contributed by atoms with van der Waals surface area (Å²) >= 11 is 0. The van der Waals surface area contributed by atoms with Gasteiger partial charge in [0.2, 0.25) is 5.91 Å². The largest absolute Gasteiger partial charge is 0.499 e. The lowest BCUT2D eigenvalue weighted by Gasteiger charge is -2.31. The molecule has 0 spiro atoms. The van der Waals surface area contributed by atoms with Gasteiger partial charge in [-0.3, -0.25) is 4.79 Å². The Balaban J connectivity index is 2.94. The van der Waals surface area contributed by atoms with Gasteiger partial charge in [0, 0.05) is 11.8 Å². The van der Waals surface area contributed by atoms with E-state index in [9.17, 15) is 9.59 Å². The first kappa shape index (κ1) is 21.1. The summed E-state index contributed by atoms with van der Waals surface area (Å²) in [5.74, 6) is 0.548. The van der Waals surface area contributed by atoms with Gasteiger partial charge in [0.1, 0.15) is 17.4 Å². The molecule has 1 N–H and O–H groups in total. The number of carbonyl (C=O) groups is 2. The molecule has 0 aliphatic carbocycles. The van der Waals surface area contributed by atoms with E-state index in [1.54, 1.807) is 38.9 Å². The molecule has 6 heteroatoms. The highest BCUT2D eigenvalue weighted by molar-refractivity contribution is 5.88. The van der Waals surface area contributed by atoms with Crippen molar-refractivity contribution < 1.29 is 19.1 Å². The maximum Gasteiger partial charge on any atom is 0.408 e. The standard InChI is InChI=1S/C19H32N2O4/c1-8-10-14(20-18(23)25-19(4,5)6)17(22)21-13(3)12-16(24-7)15(21)11-9-2/h12,14-15H,3,8-11H2,1-2,4-7H3,(H,20,23)/t14-,15+/m1/s1. The Hall–Kier alpha value is -1.98. The Bertz CT molecular complexity index is 534. The highest BCUT2D eigenvalue weighted by atomic mass is 16.6. The van der Waals surface area contributed by atoms with Gasteiger partial charge in [-0.15, -0.1) is 0 Å². The summed E-state index contributed by atoms with van der Waals surface area (Å²) in [6.45, 7) is 13.4. The van der Waals surface area contributed by atoms with Crippen molar-refractivity contribution >= 4 is 12.0 Å². The first-order valence-corrected chi connectivity index (χ1v) is 8.91. The number of amides is 2. The molecule has 0 saturated carbocycles. The molecule has 1 heterocycles. The number of hydrogen-bond acceptors (Lipinski definition) is 4. The van der Waals surface area contributed by atoms with E-state index in [1.165, 1.54) is 0 Å². The minimum atomic E-state index is -0.652. The quantitative estimate of drug-likeness (QED) is 0.758. The number of carbonyl (C=O) groups excluding carboxylic acids is 2. The predicted octanol–water partition coefficient (Wildman–Crippen LogP) is 3.73. The molecule has 1 aliphatic heterocycles. The molecule has 0 bridgehead atoms. The first-order chi connectivity index (χ1) is 11.6. The number of nitrogens with one attached hydrogen (secondary N) is 1. The van der Waals surface area contributed by atoms with Crippen LogP contribution in [0.15, 0.2) is 24.1 Å². The average Bonchev–Trinajstić information content (AvgIpc) is 2.80. The number of rotatable bonds is 7. The van der Waals surface area contributed by atoms with Crippen LogP contribution in [0, 0.1) is 0 Å². The van der Waals surface area contributed by atoms with Crippen molar-refractivity contribution in [3.05, 3.63) is 24.1 Å². The zero-order valence-corrected chi connectivity index (χ0v) is 16.3. The second-order valence-electron chi connectivity index (χ2n) is 7.24. The van der Waals surface area contributed by atoms with Crippen LogP contribution in [0.25, 0.3) is 0 Å². The molecule has 0 unspecified atom stereocenters. The zero-order chi connectivity index (χ0) is 19.2. The van der Waals surface area contributed by atoms with Crippen molar-refractivity contribution in [3.63, 3.8) is 0 Å². The molecule has 0 fully saturated rings. The molecular formula is C19H32N2O4. The van der Waals surface area contributed by atoms with E-state index in [1.807, 2.05) is 6.92 Å². The number of hydrogen-bond donors (Lipinski definition) is 1. The van der Waals surface area contributed by atoms with Crippen LogP contribution in [0.1, 0.15) is 60.3 Å². The fourth-order valence-electron chi connectivity index (χ4n) is 2.86. The summed E-state index contributed by atoms with van der Waals surface area (Å²) < 4.78 is 10.7. The number of nitrogens with zero attached hydrogens (tertiary/aromatic N) is 1. The molecule has 25 heavy (non-hydrogen) atoms. The first-order valence-electron chi connectivity index (χ1n) is 8.91. The van der Waals surface area contributed by atoms with Gasteiger partial charge in [-0.05, 0) is 33.6 Å². The second kappa shape index (κ2) is 8.92. The Morgan fingerprint density at radius 3 is 2.44 bits per heavy atom. The van der Waals surface area contributed by atoms with E-state index in [0.29, 0.717) is 12.1 Å². The van der Waals surface area contributed by atoms with Gasteiger partial charge in [-0.2, -0.15) is 0 Å². The molecule has 0 aromatic carbocycles. The molecule has 2 amide bonds. The van der Waals surface area contributed by atoms with Crippen molar-refractivity contribution in [1.82, 2.24) is 10.2 Å². The summed E-state index contributed by atoms with van der Waals surface area (Å²) in [5.41, 5.74) is -0.0242. The number of methoxy groups -OCH3 is 1. The molecule has 1 aliphatic rings. The Labute approximate surface area is 151 Å². The van der Waals surface area contributed by atoms with Gasteiger partial charge in [-0.25, -0.2) is 4.79 Å². The van der Waals surface area contributed by atoms with E-state index in [0.717, 1.165) is 25.0 Å². The molecule has 0 radical (unpaired) electrons. The van der Waals surface area contributed by atoms with E-state index < -0.39 is 17.7 Å². The lowest BCUT2D eigenvalue weighted by Crippen LogP contribution is -2.51. The average molecular weight is 352 g/mol. The Kier molecular flexibility index (Phi) is 7.52. The minimum absolute atomic E-state index is 0.171. The van der Waals surface area contributed by atoms with Crippen LogP contribution < -0.4 is 5.32 Å². The molecule has 0 aromatic rings. The Morgan fingerprint density at radius 2 is 1.96 bits per heavy atom. The van der Waals surface area contributed by atoms with Crippen LogP contribution in [-0.4, -0.2) is 41.7 Å². The zero-order valence-electron chi connectivity index (χ0n) is 16.3. The fourth-order valence-corrected chi connectivity index (χ4v) is 2.86. The number of allylic oxidation sites excluding steroid dienone is 1. The smallest absolute Gasteiger partial charge is 0.408 e. The van der Waals surface area contributed by atoms with Gasteiger partial charge in [-0.1, -0.05) is 33.3 Å². The maximum atomic E-state index is 13.1. The molecule has 142 valence electrons. The number of alkyl carbamates (subject to hydrolysis) is 1. The van der Waals surface area contributed by atoms with Crippen LogP contribution in [0.5, 0.6) is 0 Å². The highest BCUT2D eigenvalue weighted by Crippen LogP contribution is 2.30. The molecule has 6 nitrogen and oxygen atoms in total. The van der Waals surface area contributed by atoms with E-state index >= 15 is 0 Å². The highest BCUT2D eigenvalue weighted by Gasteiger charge is 2.38. The third-order valence-corrected chi connectivity index (χ3v) is 3.86. The van der Waals surface area contributed by atoms with E-state index in [2.05, 4.69) is 18.8 Å².